The van der Waals surface area contributed by atoms with Gasteiger partial charge in [0.25, 0.3) is 0 Å². The standard InChI is InChI=1S/C57H64N6/c1-22-23(2)41-19-40(22)46-28(7)34(13)52(58-46)53-36(15)30(9)48(60-53)42-20-44(25(4)24(42)3)50-32(11)38(17)56(62-50)57-39(18)33(12)51(63-57)45-21-43(26(5)27(45)6)49-31(10)37(16)55(61-49)54-35(14)29(8)47(41)59-54/h58-59,62-63H,19-21H2,1-18H3. The van der Waals surface area contributed by atoms with Crippen LogP contribution in [0.25, 0.3) is 45.1 Å². The molecule has 322 valence electrons. The second kappa shape index (κ2) is 13.8. The van der Waals surface area contributed by atoms with E-state index in [4.69, 9.17) is 9.98 Å². The first-order valence-corrected chi connectivity index (χ1v) is 23.0. The third kappa shape index (κ3) is 5.42. The zero-order valence-electron chi connectivity index (χ0n) is 41.0. The minimum absolute atomic E-state index is 0.853. The SMILES string of the molecule is CC1=C(C)C2=c3[nH]c(c(C)c3C)=C3CC(=c4[nH]c(c(C)c4C)=C4N=C(C(C)=C4C)C4=C(C)C(C)=C(C4)c4[nH]c(c(C)c4C)-c4[nH]c(c(C)c4C)C4=C(C)C(C)=C(C4)C1=N2)C(C)=C3C. The van der Waals surface area contributed by atoms with Crippen molar-refractivity contribution in [3.8, 4) is 11.4 Å². The smallest absolute Gasteiger partial charge is 0.0907 e. The Bertz CT molecular complexity index is 3270. The van der Waals surface area contributed by atoms with Crippen LogP contribution in [0.2, 0.25) is 0 Å². The molecule has 10 rings (SSSR count). The fourth-order valence-corrected chi connectivity index (χ4v) is 11.6. The van der Waals surface area contributed by atoms with Gasteiger partial charge in [-0.1, -0.05) is 0 Å². The van der Waals surface area contributed by atoms with Crippen LogP contribution in [0.1, 0.15) is 144 Å². The van der Waals surface area contributed by atoms with E-state index in [-0.39, 0.29) is 0 Å². The number of nitrogens with one attached hydrogen (secondary N) is 4. The molecule has 4 aromatic heterocycles. The maximum atomic E-state index is 5.57. The van der Waals surface area contributed by atoms with Crippen molar-refractivity contribution in [2.75, 3.05) is 0 Å². The Morgan fingerprint density at radius 2 is 0.556 bits per heavy atom. The van der Waals surface area contributed by atoms with Gasteiger partial charge in [-0.15, -0.1) is 0 Å². The summed E-state index contributed by atoms with van der Waals surface area (Å²) in [5.41, 5.74) is 40.9. The zero-order valence-corrected chi connectivity index (χ0v) is 41.0. The highest BCUT2D eigenvalue weighted by Crippen LogP contribution is 2.47. The molecule has 0 aromatic carbocycles. The van der Waals surface area contributed by atoms with Crippen LogP contribution >= 0.6 is 0 Å². The highest BCUT2D eigenvalue weighted by atomic mass is 14.9. The van der Waals surface area contributed by atoms with Gasteiger partial charge < -0.3 is 19.9 Å². The average Bonchev–Trinajstić information content (AvgIpc) is 4.16. The summed E-state index contributed by atoms with van der Waals surface area (Å²) in [6.07, 6.45) is 2.57. The van der Waals surface area contributed by atoms with Gasteiger partial charge in [0, 0.05) is 41.3 Å². The first kappa shape index (κ1) is 41.1. The van der Waals surface area contributed by atoms with Crippen molar-refractivity contribution in [3.05, 3.63) is 144 Å². The number of H-pyrrole nitrogens is 4. The number of aliphatic imine (C=N–C) groups is 2. The summed E-state index contributed by atoms with van der Waals surface area (Å²) in [4.78, 5) is 27.2. The van der Waals surface area contributed by atoms with Crippen molar-refractivity contribution < 1.29 is 0 Å². The lowest BCUT2D eigenvalue weighted by Crippen LogP contribution is -2.18. The Hall–Kier alpha value is -5.88. The molecule has 0 spiro atoms. The van der Waals surface area contributed by atoms with Gasteiger partial charge in [0.15, 0.2) is 0 Å². The Kier molecular flexibility index (Phi) is 9.02. The first-order valence-electron chi connectivity index (χ1n) is 23.0. The predicted octanol–water partition coefficient (Wildman–Crippen LogP) is 11.4. The molecule has 18 bridgehead atoms. The monoisotopic (exact) mass is 833 g/mol. The summed E-state index contributed by atoms with van der Waals surface area (Å²) in [5, 5.41) is 4.74. The normalized spacial score (nSPS) is 19.0. The molecule has 3 aliphatic heterocycles. The molecule has 0 atom stereocenters. The van der Waals surface area contributed by atoms with Crippen LogP contribution in [0.15, 0.2) is 76.9 Å². The molecule has 3 aliphatic carbocycles. The number of aromatic amines is 4. The van der Waals surface area contributed by atoms with Gasteiger partial charge >= 0.3 is 0 Å². The van der Waals surface area contributed by atoms with E-state index in [1.54, 1.807) is 0 Å². The maximum Gasteiger partial charge on any atom is 0.0907 e. The minimum atomic E-state index is 0.853. The van der Waals surface area contributed by atoms with Gasteiger partial charge in [0.2, 0.25) is 0 Å². The molecular weight excluding hydrogens is 769 g/mol. The summed E-state index contributed by atoms with van der Waals surface area (Å²) in [7, 11) is 0. The van der Waals surface area contributed by atoms with E-state index in [0.717, 1.165) is 52.8 Å². The van der Waals surface area contributed by atoms with Gasteiger partial charge in [0.05, 0.1) is 44.9 Å². The van der Waals surface area contributed by atoms with Crippen LogP contribution in [-0.4, -0.2) is 31.4 Å². The molecule has 6 aliphatic rings. The van der Waals surface area contributed by atoms with Gasteiger partial charge in [-0.2, -0.15) is 0 Å². The highest BCUT2D eigenvalue weighted by molar-refractivity contribution is 6.21. The van der Waals surface area contributed by atoms with Gasteiger partial charge in [-0.05, 0) is 258 Å². The number of aromatic nitrogens is 4. The summed E-state index contributed by atoms with van der Waals surface area (Å²) in [5.74, 6) is 0. The molecule has 0 amide bonds. The number of hydrogen-bond donors (Lipinski definition) is 4. The van der Waals surface area contributed by atoms with Gasteiger partial charge in [0.1, 0.15) is 0 Å². The maximum absolute atomic E-state index is 5.57. The quantitative estimate of drug-likeness (QED) is 0.136. The fraction of sp³-hybridized carbons (Fsp3) is 0.368. The third-order valence-corrected chi connectivity index (χ3v) is 17.2. The molecule has 4 aromatic rings. The lowest BCUT2D eigenvalue weighted by Gasteiger charge is -2.08. The third-order valence-electron chi connectivity index (χ3n) is 17.2. The first-order chi connectivity index (χ1) is 29.7. The molecular formula is C57H64N6. The minimum Gasteiger partial charge on any atom is -0.353 e. The second-order valence-electron chi connectivity index (χ2n) is 19.8. The molecule has 0 saturated heterocycles. The number of allylic oxidation sites excluding steroid dienone is 12. The topological polar surface area (TPSA) is 87.9 Å². The summed E-state index contributed by atoms with van der Waals surface area (Å²) >= 11 is 0. The van der Waals surface area contributed by atoms with Crippen molar-refractivity contribution in [2.24, 2.45) is 9.98 Å². The van der Waals surface area contributed by atoms with Crippen molar-refractivity contribution in [1.82, 2.24) is 19.9 Å². The van der Waals surface area contributed by atoms with E-state index in [0.29, 0.717) is 0 Å². The molecule has 6 heteroatoms. The second-order valence-corrected chi connectivity index (χ2v) is 19.8. The molecule has 0 unspecified atom stereocenters. The number of rotatable bonds is 0. The molecule has 63 heavy (non-hydrogen) atoms. The summed E-state index contributed by atoms with van der Waals surface area (Å²) in [6.45, 7) is 41.1. The van der Waals surface area contributed by atoms with Crippen LogP contribution in [0.5, 0.6) is 0 Å². The molecule has 0 radical (unpaired) electrons. The van der Waals surface area contributed by atoms with Crippen molar-refractivity contribution in [3.63, 3.8) is 0 Å². The van der Waals surface area contributed by atoms with Crippen molar-refractivity contribution in [1.29, 1.82) is 0 Å². The van der Waals surface area contributed by atoms with Crippen LogP contribution in [-0.2, 0) is 0 Å². The van der Waals surface area contributed by atoms with Crippen molar-refractivity contribution >= 4 is 45.1 Å². The molecule has 4 N–H and O–H groups in total. The Balaban J connectivity index is 1.25. The zero-order chi connectivity index (χ0) is 45.1. The predicted molar refractivity (Wildman–Crippen MR) is 267 cm³/mol. The number of hydrogen-bond acceptors (Lipinski definition) is 2. The van der Waals surface area contributed by atoms with E-state index in [2.05, 4.69) is 145 Å². The lowest BCUT2D eigenvalue weighted by atomic mass is 9.96. The molecule has 0 saturated carbocycles. The molecule has 6 nitrogen and oxygen atoms in total. The number of fused-ring (bicyclic) bond motifs is 21. The summed E-state index contributed by atoms with van der Waals surface area (Å²) < 4.78 is 0. The lowest BCUT2D eigenvalue weighted by molar-refractivity contribution is 1.18. The van der Waals surface area contributed by atoms with Crippen LogP contribution in [0, 0.1) is 55.4 Å². The van der Waals surface area contributed by atoms with E-state index in [1.165, 1.54) is 167 Å². The van der Waals surface area contributed by atoms with E-state index in [1.807, 2.05) is 0 Å². The van der Waals surface area contributed by atoms with E-state index >= 15 is 0 Å². The summed E-state index contributed by atoms with van der Waals surface area (Å²) in [6, 6.07) is 0. The molecule has 7 heterocycles. The van der Waals surface area contributed by atoms with Gasteiger partial charge in [-0.25, -0.2) is 9.98 Å². The van der Waals surface area contributed by atoms with Crippen LogP contribution in [0.4, 0.5) is 0 Å². The fourth-order valence-electron chi connectivity index (χ4n) is 11.6. The largest absolute Gasteiger partial charge is 0.353 e. The van der Waals surface area contributed by atoms with E-state index in [9.17, 15) is 0 Å². The van der Waals surface area contributed by atoms with Gasteiger partial charge in [-0.3, -0.25) is 0 Å². The number of nitrogens with zero attached hydrogens (tertiary/aromatic N) is 2. The molecule has 0 fully saturated rings. The Morgan fingerprint density at radius 3 is 0.921 bits per heavy atom. The highest BCUT2D eigenvalue weighted by Gasteiger charge is 2.34. The Morgan fingerprint density at radius 1 is 0.254 bits per heavy atom. The average molecular weight is 833 g/mol. The van der Waals surface area contributed by atoms with Crippen LogP contribution < -0.4 is 21.4 Å². The van der Waals surface area contributed by atoms with Crippen LogP contribution in [0.3, 0.4) is 0 Å². The Labute approximate surface area is 373 Å². The van der Waals surface area contributed by atoms with Crippen molar-refractivity contribution in [2.45, 2.75) is 144 Å². The van der Waals surface area contributed by atoms with E-state index < -0.39 is 0 Å².